The summed E-state index contributed by atoms with van der Waals surface area (Å²) < 4.78 is 5.31. The first-order chi connectivity index (χ1) is 11.0. The topological polar surface area (TPSA) is 68.5 Å². The summed E-state index contributed by atoms with van der Waals surface area (Å²) in [5.74, 6) is 0.00102. The van der Waals surface area contributed by atoms with Crippen molar-refractivity contribution in [1.29, 1.82) is 0 Å². The highest BCUT2D eigenvalue weighted by Gasteiger charge is 2.28. The van der Waals surface area contributed by atoms with Gasteiger partial charge in [-0.1, -0.05) is 6.07 Å². The van der Waals surface area contributed by atoms with Crippen LogP contribution in [0.5, 0.6) is 0 Å². The SMILES string of the molecule is COC(C)c1nc(C)c(C(=O)N2CCCc3c(N)cccc32)s1. The number of amides is 1. The normalized spacial score (nSPS) is 15.3. The molecular formula is C17H21N3O2S. The van der Waals surface area contributed by atoms with Crippen LogP contribution in [-0.4, -0.2) is 24.5 Å². The molecule has 1 aliphatic rings. The molecule has 5 nitrogen and oxygen atoms in total. The number of anilines is 2. The van der Waals surface area contributed by atoms with Gasteiger partial charge in [0.2, 0.25) is 0 Å². The number of aromatic nitrogens is 1. The van der Waals surface area contributed by atoms with Gasteiger partial charge in [0.25, 0.3) is 5.91 Å². The molecule has 0 saturated heterocycles. The number of rotatable bonds is 3. The van der Waals surface area contributed by atoms with Crippen LogP contribution in [0, 0.1) is 6.92 Å². The Morgan fingerprint density at radius 1 is 1.48 bits per heavy atom. The van der Waals surface area contributed by atoms with Crippen LogP contribution < -0.4 is 10.6 Å². The van der Waals surface area contributed by atoms with Gasteiger partial charge in [0.05, 0.1) is 5.69 Å². The number of nitrogens with two attached hydrogens (primary N) is 1. The van der Waals surface area contributed by atoms with Crippen molar-refractivity contribution in [3.63, 3.8) is 0 Å². The van der Waals surface area contributed by atoms with Crippen LogP contribution in [0.15, 0.2) is 18.2 Å². The minimum absolute atomic E-state index is 0.00102. The second-order valence-electron chi connectivity index (χ2n) is 5.75. The third-order valence-corrected chi connectivity index (χ3v) is 5.55. The van der Waals surface area contributed by atoms with E-state index in [1.54, 1.807) is 7.11 Å². The molecule has 23 heavy (non-hydrogen) atoms. The predicted octanol–water partition coefficient (Wildman–Crippen LogP) is 3.33. The Balaban J connectivity index is 1.97. The minimum Gasteiger partial charge on any atom is -0.398 e. The number of nitrogens with zero attached hydrogens (tertiary/aromatic N) is 2. The van der Waals surface area contributed by atoms with Crippen LogP contribution in [0.1, 0.15) is 45.4 Å². The van der Waals surface area contributed by atoms with Gasteiger partial charge >= 0.3 is 0 Å². The smallest absolute Gasteiger partial charge is 0.270 e. The number of thiazole rings is 1. The first-order valence-corrected chi connectivity index (χ1v) is 8.54. The van der Waals surface area contributed by atoms with E-state index in [0.717, 1.165) is 40.5 Å². The average molecular weight is 331 g/mol. The summed E-state index contributed by atoms with van der Waals surface area (Å²) in [6.45, 7) is 4.52. The zero-order chi connectivity index (χ0) is 16.6. The molecule has 1 aromatic carbocycles. The van der Waals surface area contributed by atoms with Gasteiger partial charge in [0, 0.05) is 25.0 Å². The summed E-state index contributed by atoms with van der Waals surface area (Å²) in [4.78, 5) is 20.0. The molecule has 0 fully saturated rings. The molecule has 1 atom stereocenters. The van der Waals surface area contributed by atoms with E-state index in [-0.39, 0.29) is 12.0 Å². The van der Waals surface area contributed by atoms with Crippen molar-refractivity contribution < 1.29 is 9.53 Å². The van der Waals surface area contributed by atoms with Crippen LogP contribution in [-0.2, 0) is 11.2 Å². The van der Waals surface area contributed by atoms with Crippen LogP contribution in [0.25, 0.3) is 0 Å². The molecule has 2 aromatic rings. The van der Waals surface area contributed by atoms with E-state index in [4.69, 9.17) is 10.5 Å². The molecule has 0 radical (unpaired) electrons. The third kappa shape index (κ3) is 2.84. The van der Waals surface area contributed by atoms with E-state index in [1.165, 1.54) is 11.3 Å². The highest BCUT2D eigenvalue weighted by molar-refractivity contribution is 7.14. The number of methoxy groups -OCH3 is 1. The fourth-order valence-electron chi connectivity index (χ4n) is 2.88. The summed E-state index contributed by atoms with van der Waals surface area (Å²) >= 11 is 1.41. The lowest BCUT2D eigenvalue weighted by Gasteiger charge is -2.30. The third-order valence-electron chi connectivity index (χ3n) is 4.24. The number of hydrogen-bond acceptors (Lipinski definition) is 5. The predicted molar refractivity (Wildman–Crippen MR) is 93.1 cm³/mol. The van der Waals surface area contributed by atoms with Gasteiger partial charge in [0.15, 0.2) is 0 Å². The van der Waals surface area contributed by atoms with E-state index >= 15 is 0 Å². The van der Waals surface area contributed by atoms with Crippen molar-refractivity contribution in [3.8, 4) is 0 Å². The minimum atomic E-state index is -0.107. The molecule has 0 aliphatic carbocycles. The van der Waals surface area contributed by atoms with Crippen molar-refractivity contribution >= 4 is 28.6 Å². The highest BCUT2D eigenvalue weighted by Crippen LogP contribution is 2.34. The van der Waals surface area contributed by atoms with Crippen molar-refractivity contribution in [2.24, 2.45) is 0 Å². The number of carbonyl (C=O) groups is 1. The molecule has 1 unspecified atom stereocenters. The van der Waals surface area contributed by atoms with Crippen molar-refractivity contribution in [2.45, 2.75) is 32.8 Å². The Morgan fingerprint density at radius 3 is 3.00 bits per heavy atom. The number of fused-ring (bicyclic) bond motifs is 1. The fourth-order valence-corrected chi connectivity index (χ4v) is 3.92. The van der Waals surface area contributed by atoms with Gasteiger partial charge in [-0.3, -0.25) is 4.79 Å². The van der Waals surface area contributed by atoms with Crippen LogP contribution in [0.4, 0.5) is 11.4 Å². The van der Waals surface area contributed by atoms with Gasteiger partial charge in [-0.25, -0.2) is 4.98 Å². The van der Waals surface area contributed by atoms with E-state index in [1.807, 2.05) is 36.9 Å². The first kappa shape index (κ1) is 16.0. The van der Waals surface area contributed by atoms with Crippen molar-refractivity contribution in [1.82, 2.24) is 4.98 Å². The van der Waals surface area contributed by atoms with E-state index in [0.29, 0.717) is 11.4 Å². The van der Waals surface area contributed by atoms with Crippen LogP contribution in [0.2, 0.25) is 0 Å². The lowest BCUT2D eigenvalue weighted by atomic mass is 9.99. The van der Waals surface area contributed by atoms with Gasteiger partial charge < -0.3 is 15.4 Å². The van der Waals surface area contributed by atoms with Gasteiger partial charge in [-0.05, 0) is 44.4 Å². The molecule has 2 heterocycles. The summed E-state index contributed by atoms with van der Waals surface area (Å²) in [6.07, 6.45) is 1.73. The summed E-state index contributed by atoms with van der Waals surface area (Å²) in [5, 5.41) is 0.832. The second-order valence-corrected chi connectivity index (χ2v) is 6.78. The maximum atomic E-state index is 13.0. The number of ether oxygens (including phenoxy) is 1. The van der Waals surface area contributed by atoms with E-state index in [2.05, 4.69) is 4.98 Å². The zero-order valence-electron chi connectivity index (χ0n) is 13.6. The molecule has 1 amide bonds. The van der Waals surface area contributed by atoms with Crippen LogP contribution in [0.3, 0.4) is 0 Å². The molecule has 0 spiro atoms. The molecule has 2 N–H and O–H groups in total. The Morgan fingerprint density at radius 2 is 2.26 bits per heavy atom. The molecule has 1 aromatic heterocycles. The monoisotopic (exact) mass is 331 g/mol. The molecule has 0 saturated carbocycles. The molecule has 6 heteroatoms. The van der Waals surface area contributed by atoms with Crippen molar-refractivity contribution in [3.05, 3.63) is 39.3 Å². The highest BCUT2D eigenvalue weighted by atomic mass is 32.1. The van der Waals surface area contributed by atoms with Gasteiger partial charge in [-0.15, -0.1) is 11.3 Å². The molecule has 1 aliphatic heterocycles. The second kappa shape index (κ2) is 6.29. The number of hydrogen-bond donors (Lipinski definition) is 1. The van der Waals surface area contributed by atoms with Crippen molar-refractivity contribution in [2.75, 3.05) is 24.3 Å². The Labute approximate surface area is 140 Å². The van der Waals surface area contributed by atoms with E-state index < -0.39 is 0 Å². The summed E-state index contributed by atoms with van der Waals surface area (Å²) in [6, 6.07) is 5.76. The number of aryl methyl sites for hydroxylation is 1. The molecule has 3 rings (SSSR count). The average Bonchev–Trinajstić information content (AvgIpc) is 2.95. The number of carbonyl (C=O) groups excluding carboxylic acids is 1. The number of benzene rings is 1. The number of nitrogen functional groups attached to an aromatic ring is 1. The van der Waals surface area contributed by atoms with Gasteiger partial charge in [0.1, 0.15) is 16.0 Å². The Bertz CT molecular complexity index is 741. The van der Waals surface area contributed by atoms with E-state index in [9.17, 15) is 4.79 Å². The Hall–Kier alpha value is -1.92. The first-order valence-electron chi connectivity index (χ1n) is 7.72. The lowest BCUT2D eigenvalue weighted by molar-refractivity contribution is 0.0988. The largest absolute Gasteiger partial charge is 0.398 e. The molecular weight excluding hydrogens is 310 g/mol. The molecule has 0 bridgehead atoms. The Kier molecular flexibility index (Phi) is 4.37. The zero-order valence-corrected chi connectivity index (χ0v) is 14.4. The fraction of sp³-hybridized carbons (Fsp3) is 0.412. The standard InChI is InChI=1S/C17H21N3O2S/c1-10-15(23-16(19-10)11(2)22-3)17(21)20-9-5-6-12-13(18)7-4-8-14(12)20/h4,7-8,11H,5-6,9,18H2,1-3H3. The van der Waals surface area contributed by atoms with Gasteiger partial charge in [-0.2, -0.15) is 0 Å². The molecule has 122 valence electrons. The maximum Gasteiger partial charge on any atom is 0.270 e. The summed E-state index contributed by atoms with van der Waals surface area (Å²) in [5.41, 5.74) is 9.58. The maximum absolute atomic E-state index is 13.0. The quantitative estimate of drug-likeness (QED) is 0.876. The lowest BCUT2D eigenvalue weighted by Crippen LogP contribution is -2.35. The van der Waals surface area contributed by atoms with Crippen LogP contribution >= 0.6 is 11.3 Å². The summed E-state index contributed by atoms with van der Waals surface area (Å²) in [7, 11) is 1.65.